The standard InChI is InChI=1S/C51H36O/c1-3-13-35(14-4-1)33-51(49-43-19-9-7-17-38(43)27-31-47(49)52-48-32-28-39-18-8-10-20-44(39)50(48)51)34-36-23-25-40(26-24-36)42-30-29-41(37-15-5-2-6-16-37)45-21-11-12-22-46(42)45/h1-32H,33-34H2. The van der Waals surface area contributed by atoms with Gasteiger partial charge in [0.1, 0.15) is 11.5 Å². The zero-order valence-electron chi connectivity index (χ0n) is 28.8. The summed E-state index contributed by atoms with van der Waals surface area (Å²) in [5.41, 5.74) is 9.71. The van der Waals surface area contributed by atoms with Gasteiger partial charge in [0.25, 0.3) is 0 Å². The number of ether oxygens (including phenoxy) is 1. The van der Waals surface area contributed by atoms with E-state index in [0.29, 0.717) is 0 Å². The minimum absolute atomic E-state index is 0.405. The Hall–Kier alpha value is -6.44. The molecule has 0 aromatic heterocycles. The number of rotatable bonds is 6. The second kappa shape index (κ2) is 12.4. The first-order valence-electron chi connectivity index (χ1n) is 18.2. The number of hydrogen-bond acceptors (Lipinski definition) is 1. The van der Waals surface area contributed by atoms with Crippen LogP contribution in [0.1, 0.15) is 22.3 Å². The molecule has 0 saturated carbocycles. The first kappa shape index (κ1) is 30.4. The highest BCUT2D eigenvalue weighted by atomic mass is 16.5. The van der Waals surface area contributed by atoms with Crippen molar-refractivity contribution in [2.24, 2.45) is 0 Å². The van der Waals surface area contributed by atoms with Gasteiger partial charge in [-0.15, -0.1) is 0 Å². The molecule has 1 heterocycles. The van der Waals surface area contributed by atoms with E-state index in [0.717, 1.165) is 24.3 Å². The molecule has 0 fully saturated rings. The fourth-order valence-electron chi connectivity index (χ4n) is 8.84. The average molecular weight is 665 g/mol. The molecule has 52 heavy (non-hydrogen) atoms. The van der Waals surface area contributed by atoms with Crippen LogP contribution in [-0.4, -0.2) is 0 Å². The summed E-state index contributed by atoms with van der Waals surface area (Å²) in [5.74, 6) is 1.89. The van der Waals surface area contributed by atoms with Crippen molar-refractivity contribution in [3.8, 4) is 33.8 Å². The van der Waals surface area contributed by atoms with Crippen molar-refractivity contribution in [2.75, 3.05) is 0 Å². The Bertz CT molecular complexity index is 2660. The maximum absolute atomic E-state index is 6.88. The van der Waals surface area contributed by atoms with Crippen LogP contribution in [0.4, 0.5) is 0 Å². The van der Waals surface area contributed by atoms with E-state index in [9.17, 15) is 0 Å². The lowest BCUT2D eigenvalue weighted by molar-refractivity contribution is 0.391. The SMILES string of the molecule is c1ccc(CC2(Cc3ccc(-c4ccc(-c5ccccc5)c5ccccc45)cc3)c3c(ccc4ccccc34)Oc3ccc4ccccc4c32)cc1. The smallest absolute Gasteiger partial charge is 0.132 e. The molecule has 1 aliphatic rings. The van der Waals surface area contributed by atoms with Crippen LogP contribution in [0.5, 0.6) is 11.5 Å². The molecular formula is C51H36O. The largest absolute Gasteiger partial charge is 0.457 e. The number of benzene rings is 9. The summed E-state index contributed by atoms with van der Waals surface area (Å²) >= 11 is 0. The maximum Gasteiger partial charge on any atom is 0.132 e. The van der Waals surface area contributed by atoms with Crippen molar-refractivity contribution in [3.05, 3.63) is 216 Å². The quantitative estimate of drug-likeness (QED) is 0.172. The van der Waals surface area contributed by atoms with Gasteiger partial charge in [-0.2, -0.15) is 0 Å². The summed E-state index contributed by atoms with van der Waals surface area (Å²) < 4.78 is 6.88. The van der Waals surface area contributed by atoms with Crippen molar-refractivity contribution in [3.63, 3.8) is 0 Å². The van der Waals surface area contributed by atoms with Crippen molar-refractivity contribution in [2.45, 2.75) is 18.3 Å². The van der Waals surface area contributed by atoms with E-state index in [4.69, 9.17) is 4.74 Å². The Balaban J connectivity index is 1.17. The molecule has 9 aromatic rings. The van der Waals surface area contributed by atoms with Gasteiger partial charge in [0.05, 0.1) is 0 Å². The van der Waals surface area contributed by atoms with Gasteiger partial charge in [-0.1, -0.05) is 182 Å². The summed E-state index contributed by atoms with van der Waals surface area (Å²) in [6.45, 7) is 0. The third kappa shape index (κ3) is 5.00. The first-order valence-corrected chi connectivity index (χ1v) is 18.2. The van der Waals surface area contributed by atoms with E-state index in [1.807, 2.05) is 0 Å². The summed E-state index contributed by atoms with van der Waals surface area (Å²) in [6.07, 6.45) is 1.66. The molecule has 10 rings (SSSR count). The lowest BCUT2D eigenvalue weighted by atomic mass is 9.63. The zero-order valence-corrected chi connectivity index (χ0v) is 28.8. The predicted octanol–water partition coefficient (Wildman–Crippen LogP) is 13.4. The second-order valence-corrected chi connectivity index (χ2v) is 14.1. The molecule has 0 spiro atoms. The summed E-state index contributed by atoms with van der Waals surface area (Å²) in [6, 6.07) is 70.8. The number of fused-ring (bicyclic) bond motifs is 7. The average Bonchev–Trinajstić information content (AvgIpc) is 3.21. The van der Waals surface area contributed by atoms with Crippen LogP contribution in [0, 0.1) is 0 Å². The molecule has 9 aromatic carbocycles. The first-order chi connectivity index (χ1) is 25.7. The molecule has 0 amide bonds. The molecule has 246 valence electrons. The lowest BCUT2D eigenvalue weighted by Gasteiger charge is -2.42. The molecule has 0 aliphatic carbocycles. The molecule has 0 N–H and O–H groups in total. The molecule has 0 radical (unpaired) electrons. The van der Waals surface area contributed by atoms with Crippen LogP contribution in [0.3, 0.4) is 0 Å². The van der Waals surface area contributed by atoms with Gasteiger partial charge in [-0.3, -0.25) is 0 Å². The Morgan fingerprint density at radius 2 is 0.750 bits per heavy atom. The van der Waals surface area contributed by atoms with E-state index in [-0.39, 0.29) is 0 Å². The van der Waals surface area contributed by atoms with E-state index in [2.05, 4.69) is 194 Å². The van der Waals surface area contributed by atoms with Crippen molar-refractivity contribution < 1.29 is 4.74 Å². The van der Waals surface area contributed by atoms with Crippen LogP contribution >= 0.6 is 0 Å². The van der Waals surface area contributed by atoms with Gasteiger partial charge in [-0.05, 0) is 90.7 Å². The van der Waals surface area contributed by atoms with Gasteiger partial charge < -0.3 is 4.74 Å². The molecule has 1 heteroatoms. The van der Waals surface area contributed by atoms with Crippen molar-refractivity contribution >= 4 is 32.3 Å². The van der Waals surface area contributed by atoms with Gasteiger partial charge in [0.15, 0.2) is 0 Å². The van der Waals surface area contributed by atoms with Gasteiger partial charge in [-0.25, -0.2) is 0 Å². The van der Waals surface area contributed by atoms with Crippen LogP contribution in [-0.2, 0) is 18.3 Å². The van der Waals surface area contributed by atoms with E-state index in [1.165, 1.54) is 76.8 Å². The Kier molecular flexibility index (Phi) is 7.25. The Labute approximate surface area is 304 Å². The van der Waals surface area contributed by atoms with E-state index < -0.39 is 5.41 Å². The lowest BCUT2D eigenvalue weighted by Crippen LogP contribution is -2.37. The van der Waals surface area contributed by atoms with Crippen LogP contribution in [0.25, 0.3) is 54.6 Å². The molecule has 0 bridgehead atoms. The van der Waals surface area contributed by atoms with Crippen LogP contribution < -0.4 is 4.74 Å². The molecule has 0 atom stereocenters. The monoisotopic (exact) mass is 664 g/mol. The van der Waals surface area contributed by atoms with Gasteiger partial charge in [0, 0.05) is 16.5 Å². The van der Waals surface area contributed by atoms with Crippen molar-refractivity contribution in [1.29, 1.82) is 0 Å². The van der Waals surface area contributed by atoms with Gasteiger partial charge >= 0.3 is 0 Å². The van der Waals surface area contributed by atoms with Crippen LogP contribution in [0.15, 0.2) is 194 Å². The molecular weight excluding hydrogens is 629 g/mol. The molecule has 1 aliphatic heterocycles. The van der Waals surface area contributed by atoms with Crippen LogP contribution in [0.2, 0.25) is 0 Å². The summed E-state index contributed by atoms with van der Waals surface area (Å²) in [5, 5.41) is 7.49. The molecule has 0 saturated heterocycles. The Morgan fingerprint density at radius 3 is 1.29 bits per heavy atom. The Morgan fingerprint density at radius 1 is 0.327 bits per heavy atom. The fraction of sp³-hybridized carbons (Fsp3) is 0.0588. The van der Waals surface area contributed by atoms with Gasteiger partial charge in [0.2, 0.25) is 0 Å². The minimum atomic E-state index is -0.405. The summed E-state index contributed by atoms with van der Waals surface area (Å²) in [4.78, 5) is 0. The highest BCUT2D eigenvalue weighted by molar-refractivity contribution is 6.05. The molecule has 0 unspecified atom stereocenters. The second-order valence-electron chi connectivity index (χ2n) is 14.1. The molecule has 1 nitrogen and oxygen atoms in total. The predicted molar refractivity (Wildman–Crippen MR) is 217 cm³/mol. The topological polar surface area (TPSA) is 9.23 Å². The normalized spacial score (nSPS) is 13.1. The maximum atomic E-state index is 6.88. The van der Waals surface area contributed by atoms with Crippen molar-refractivity contribution in [1.82, 2.24) is 0 Å². The van der Waals surface area contributed by atoms with E-state index >= 15 is 0 Å². The minimum Gasteiger partial charge on any atom is -0.457 e. The summed E-state index contributed by atoms with van der Waals surface area (Å²) in [7, 11) is 0. The van der Waals surface area contributed by atoms with E-state index in [1.54, 1.807) is 0 Å². The highest BCUT2D eigenvalue weighted by Gasteiger charge is 2.44. The third-order valence-corrected chi connectivity index (χ3v) is 11.1. The number of hydrogen-bond donors (Lipinski definition) is 0. The zero-order chi connectivity index (χ0) is 34.5. The third-order valence-electron chi connectivity index (χ3n) is 11.1. The highest BCUT2D eigenvalue weighted by Crippen LogP contribution is 2.56. The fourth-order valence-corrected chi connectivity index (χ4v) is 8.84.